The Bertz CT molecular complexity index is 778. The van der Waals surface area contributed by atoms with E-state index >= 15 is 0 Å². The largest absolute Gasteiger partial charge is 0.492 e. The molecule has 0 aromatic heterocycles. The maximum absolute atomic E-state index is 13.1. The highest BCUT2D eigenvalue weighted by Crippen LogP contribution is 2.28. The molecule has 0 bridgehead atoms. The summed E-state index contributed by atoms with van der Waals surface area (Å²) in [5.41, 5.74) is 2.12. The van der Waals surface area contributed by atoms with Crippen molar-refractivity contribution in [3.05, 3.63) is 59.9 Å². The van der Waals surface area contributed by atoms with Crippen molar-refractivity contribution in [3.63, 3.8) is 0 Å². The number of carbonyl (C=O) groups excluding carboxylic acids is 1. The summed E-state index contributed by atoms with van der Waals surface area (Å²) in [5, 5.41) is 0. The minimum Gasteiger partial charge on any atom is -0.492 e. The molecule has 0 aliphatic carbocycles. The first-order valence-electron chi connectivity index (χ1n) is 9.21. The fourth-order valence-corrected chi connectivity index (χ4v) is 3.79. The molecule has 136 valence electrons. The first kappa shape index (κ1) is 16.9. The molecular weight excluding hydrogens is 331 g/mol. The van der Waals surface area contributed by atoms with Crippen LogP contribution < -0.4 is 9.64 Å². The number of halogens is 1. The van der Waals surface area contributed by atoms with Gasteiger partial charge in [0.2, 0.25) is 5.91 Å². The van der Waals surface area contributed by atoms with Crippen LogP contribution in [0.3, 0.4) is 0 Å². The Morgan fingerprint density at radius 2 is 1.81 bits per heavy atom. The van der Waals surface area contributed by atoms with Crippen LogP contribution in [0.15, 0.2) is 48.5 Å². The monoisotopic (exact) mass is 354 g/mol. The summed E-state index contributed by atoms with van der Waals surface area (Å²) in [6.07, 6.45) is 1.65. The van der Waals surface area contributed by atoms with Crippen LogP contribution in [0.5, 0.6) is 5.75 Å². The molecule has 0 radical (unpaired) electrons. The van der Waals surface area contributed by atoms with Gasteiger partial charge in [-0.1, -0.05) is 18.2 Å². The second kappa shape index (κ2) is 7.36. The maximum Gasteiger partial charge on any atom is 0.229 e. The minimum atomic E-state index is -0.224. The van der Waals surface area contributed by atoms with Gasteiger partial charge in [0.15, 0.2) is 0 Å². The zero-order valence-electron chi connectivity index (χ0n) is 14.7. The maximum atomic E-state index is 13.1. The van der Waals surface area contributed by atoms with Gasteiger partial charge in [-0.25, -0.2) is 4.39 Å². The fourth-order valence-electron chi connectivity index (χ4n) is 3.79. The van der Waals surface area contributed by atoms with E-state index in [-0.39, 0.29) is 17.6 Å². The van der Waals surface area contributed by atoms with Crippen LogP contribution in [0.4, 0.5) is 10.1 Å². The van der Waals surface area contributed by atoms with Crippen molar-refractivity contribution in [2.45, 2.75) is 12.8 Å². The lowest BCUT2D eigenvalue weighted by Crippen LogP contribution is -2.42. The van der Waals surface area contributed by atoms with Crippen LogP contribution in [-0.2, 0) is 11.2 Å². The van der Waals surface area contributed by atoms with Gasteiger partial charge in [-0.2, -0.15) is 0 Å². The predicted octanol–water partition coefficient (Wildman–Crippen LogP) is 3.12. The normalized spacial score (nSPS) is 20.1. The summed E-state index contributed by atoms with van der Waals surface area (Å²) in [4.78, 5) is 17.2. The number of ether oxygens (including phenoxy) is 1. The molecule has 1 unspecified atom stereocenters. The Labute approximate surface area is 153 Å². The lowest BCUT2D eigenvalue weighted by atomic mass is 9.95. The number of amides is 1. The van der Waals surface area contributed by atoms with Crippen LogP contribution in [0.25, 0.3) is 0 Å². The number of rotatable bonds is 2. The summed E-state index contributed by atoms with van der Waals surface area (Å²) < 4.78 is 18.9. The van der Waals surface area contributed by atoms with E-state index in [9.17, 15) is 9.18 Å². The van der Waals surface area contributed by atoms with E-state index in [0.29, 0.717) is 13.2 Å². The quantitative estimate of drug-likeness (QED) is 0.831. The third kappa shape index (κ3) is 3.52. The number of carbonyl (C=O) groups is 1. The highest BCUT2D eigenvalue weighted by Gasteiger charge is 2.30. The second-order valence-corrected chi connectivity index (χ2v) is 6.96. The number of hydrogen-bond donors (Lipinski definition) is 0. The van der Waals surface area contributed by atoms with Crippen molar-refractivity contribution < 1.29 is 13.9 Å². The van der Waals surface area contributed by atoms with Crippen LogP contribution in [0.1, 0.15) is 12.0 Å². The van der Waals surface area contributed by atoms with Crippen molar-refractivity contribution >= 4 is 11.6 Å². The summed E-state index contributed by atoms with van der Waals surface area (Å²) >= 11 is 0. The van der Waals surface area contributed by atoms with Gasteiger partial charge in [0.1, 0.15) is 18.2 Å². The van der Waals surface area contributed by atoms with Crippen molar-refractivity contribution in [1.82, 2.24) is 4.90 Å². The van der Waals surface area contributed by atoms with Crippen molar-refractivity contribution in [2.75, 3.05) is 37.7 Å². The molecule has 5 heteroatoms. The number of nitrogens with zero attached hydrogens (tertiary/aromatic N) is 2. The molecule has 26 heavy (non-hydrogen) atoms. The predicted molar refractivity (Wildman–Crippen MR) is 98.9 cm³/mol. The molecule has 2 heterocycles. The average molecular weight is 354 g/mol. The summed E-state index contributed by atoms with van der Waals surface area (Å²) in [6, 6.07) is 14.5. The molecule has 2 aromatic rings. The Balaban J connectivity index is 1.39. The molecule has 1 amide bonds. The smallest absolute Gasteiger partial charge is 0.229 e. The van der Waals surface area contributed by atoms with Gasteiger partial charge in [-0.3, -0.25) is 4.79 Å². The molecular formula is C21H23FN2O2. The van der Waals surface area contributed by atoms with E-state index in [1.807, 2.05) is 29.2 Å². The molecule has 0 saturated carbocycles. The SMILES string of the molecule is O=C(C1COc2ccccc2C1)N1CCCN(c2ccc(F)cc2)CC1. The highest BCUT2D eigenvalue weighted by molar-refractivity contribution is 5.80. The van der Waals surface area contributed by atoms with E-state index in [2.05, 4.69) is 4.90 Å². The fraction of sp³-hybridized carbons (Fsp3) is 0.381. The molecule has 1 saturated heterocycles. The summed E-state index contributed by atoms with van der Waals surface area (Å²) in [5.74, 6) is 0.746. The van der Waals surface area contributed by atoms with Crippen LogP contribution >= 0.6 is 0 Å². The lowest BCUT2D eigenvalue weighted by molar-refractivity contribution is -0.136. The van der Waals surface area contributed by atoms with Crippen molar-refractivity contribution in [3.8, 4) is 5.75 Å². The van der Waals surface area contributed by atoms with Crippen molar-refractivity contribution in [2.24, 2.45) is 5.92 Å². The molecule has 2 aliphatic rings. The molecule has 1 fully saturated rings. The van der Waals surface area contributed by atoms with Gasteiger partial charge in [0.05, 0.1) is 5.92 Å². The number of anilines is 1. The Morgan fingerprint density at radius 1 is 1.00 bits per heavy atom. The first-order chi connectivity index (χ1) is 12.7. The molecule has 2 aromatic carbocycles. The third-order valence-electron chi connectivity index (χ3n) is 5.23. The highest BCUT2D eigenvalue weighted by atomic mass is 19.1. The van der Waals surface area contributed by atoms with E-state index in [0.717, 1.165) is 49.5 Å². The van der Waals surface area contributed by atoms with E-state index < -0.39 is 0 Å². The third-order valence-corrected chi connectivity index (χ3v) is 5.23. The van der Waals surface area contributed by atoms with Gasteiger partial charge >= 0.3 is 0 Å². The molecule has 2 aliphatic heterocycles. The number of fused-ring (bicyclic) bond motifs is 1. The Hall–Kier alpha value is -2.56. The lowest BCUT2D eigenvalue weighted by Gasteiger charge is -2.30. The molecule has 0 N–H and O–H groups in total. The topological polar surface area (TPSA) is 32.8 Å². The Morgan fingerprint density at radius 3 is 2.65 bits per heavy atom. The molecule has 4 rings (SSSR count). The molecule has 0 spiro atoms. The van der Waals surface area contributed by atoms with Crippen LogP contribution in [-0.4, -0.2) is 43.6 Å². The van der Waals surface area contributed by atoms with Gasteiger partial charge < -0.3 is 14.5 Å². The number of hydrogen-bond acceptors (Lipinski definition) is 3. The van der Waals surface area contributed by atoms with E-state index in [1.165, 1.54) is 12.1 Å². The summed E-state index contributed by atoms with van der Waals surface area (Å²) in [7, 11) is 0. The zero-order chi connectivity index (χ0) is 17.9. The molecule has 1 atom stereocenters. The van der Waals surface area contributed by atoms with Crippen molar-refractivity contribution in [1.29, 1.82) is 0 Å². The van der Waals surface area contributed by atoms with Gasteiger partial charge in [0, 0.05) is 31.9 Å². The standard InChI is InChI=1S/C21H23FN2O2/c22-18-6-8-19(9-7-18)23-10-3-11-24(13-12-23)21(25)17-14-16-4-1-2-5-20(16)26-15-17/h1-2,4-9,17H,3,10-15H2. The van der Waals surface area contributed by atoms with E-state index in [1.54, 1.807) is 12.1 Å². The van der Waals surface area contributed by atoms with E-state index in [4.69, 9.17) is 4.74 Å². The second-order valence-electron chi connectivity index (χ2n) is 6.96. The van der Waals surface area contributed by atoms with Crippen LogP contribution in [0.2, 0.25) is 0 Å². The average Bonchev–Trinajstić information content (AvgIpc) is 2.94. The molecule has 4 nitrogen and oxygen atoms in total. The van der Waals surface area contributed by atoms with Gasteiger partial charge in [-0.15, -0.1) is 0 Å². The summed E-state index contributed by atoms with van der Waals surface area (Å²) in [6.45, 7) is 3.54. The van der Waals surface area contributed by atoms with Crippen LogP contribution in [0, 0.1) is 11.7 Å². The zero-order valence-corrected chi connectivity index (χ0v) is 14.7. The Kier molecular flexibility index (Phi) is 4.78. The first-order valence-corrected chi connectivity index (χ1v) is 9.21. The minimum absolute atomic E-state index is 0.109. The van der Waals surface area contributed by atoms with Gasteiger partial charge in [0.25, 0.3) is 0 Å². The number of para-hydroxylation sites is 1. The number of benzene rings is 2. The van der Waals surface area contributed by atoms with Gasteiger partial charge in [-0.05, 0) is 48.7 Å².